The van der Waals surface area contributed by atoms with E-state index < -0.39 is 0 Å². The van der Waals surface area contributed by atoms with Gasteiger partial charge in [-0.2, -0.15) is 0 Å². The molecule has 3 heterocycles. The van der Waals surface area contributed by atoms with Gasteiger partial charge >= 0.3 is 0 Å². The molecule has 0 spiro atoms. The van der Waals surface area contributed by atoms with Crippen molar-refractivity contribution in [2.75, 3.05) is 0 Å². The van der Waals surface area contributed by atoms with Crippen molar-refractivity contribution in [1.29, 1.82) is 0 Å². The molecule has 28 heavy (non-hydrogen) atoms. The van der Waals surface area contributed by atoms with Crippen LogP contribution in [0.5, 0.6) is 0 Å². The molecule has 1 unspecified atom stereocenters. The second kappa shape index (κ2) is 8.04. The number of benzene rings is 1. The fourth-order valence-corrected chi connectivity index (χ4v) is 4.57. The highest BCUT2D eigenvalue weighted by Crippen LogP contribution is 2.30. The maximum atomic E-state index is 12.9. The molecule has 0 bridgehead atoms. The van der Waals surface area contributed by atoms with Crippen molar-refractivity contribution in [3.05, 3.63) is 81.1 Å². The van der Waals surface area contributed by atoms with Gasteiger partial charge in [0.25, 0.3) is 5.91 Å². The van der Waals surface area contributed by atoms with Crippen molar-refractivity contribution < 1.29 is 4.79 Å². The van der Waals surface area contributed by atoms with Crippen molar-refractivity contribution in [2.24, 2.45) is 0 Å². The lowest BCUT2D eigenvalue weighted by molar-refractivity contribution is 0.0944. The van der Waals surface area contributed by atoms with Gasteiger partial charge < -0.3 is 5.32 Å². The van der Waals surface area contributed by atoms with Gasteiger partial charge in [0, 0.05) is 28.9 Å². The van der Waals surface area contributed by atoms with Gasteiger partial charge in [-0.25, -0.2) is 4.98 Å². The number of carbonyl (C=O) groups is 1. The highest BCUT2D eigenvalue weighted by Gasteiger charge is 2.19. The molecule has 1 aromatic carbocycles. The van der Waals surface area contributed by atoms with Gasteiger partial charge in [-0.15, -0.1) is 22.7 Å². The standard InChI is InChI=1S/C22H19N3OS2/c1-14-3-5-16(6-4-14)18-9-12-27-20(18)21(26)24-15(2)22-25-19(13-28-22)17-7-10-23-11-8-17/h3-13,15H,1-2H3,(H,24,26). The van der Waals surface area contributed by atoms with E-state index in [1.165, 1.54) is 16.9 Å². The number of aryl methyl sites for hydroxylation is 1. The lowest BCUT2D eigenvalue weighted by Crippen LogP contribution is -2.26. The van der Waals surface area contributed by atoms with Crippen molar-refractivity contribution >= 4 is 28.6 Å². The number of thiazole rings is 1. The number of thiophene rings is 1. The van der Waals surface area contributed by atoms with E-state index in [9.17, 15) is 4.79 Å². The SMILES string of the molecule is Cc1ccc(-c2ccsc2C(=O)NC(C)c2nc(-c3ccncc3)cs2)cc1. The summed E-state index contributed by atoms with van der Waals surface area (Å²) < 4.78 is 0. The molecule has 0 aliphatic heterocycles. The Morgan fingerprint density at radius 2 is 1.75 bits per heavy atom. The molecule has 1 atom stereocenters. The minimum atomic E-state index is -0.166. The summed E-state index contributed by atoms with van der Waals surface area (Å²) in [5, 5.41) is 7.94. The fraction of sp³-hybridized carbons (Fsp3) is 0.136. The number of pyridine rings is 1. The van der Waals surface area contributed by atoms with Crippen LogP contribution >= 0.6 is 22.7 Å². The summed E-state index contributed by atoms with van der Waals surface area (Å²) in [7, 11) is 0. The number of amides is 1. The van der Waals surface area contributed by atoms with Crippen LogP contribution in [0.1, 0.15) is 33.2 Å². The number of aromatic nitrogens is 2. The smallest absolute Gasteiger partial charge is 0.262 e. The molecule has 4 nitrogen and oxygen atoms in total. The third kappa shape index (κ3) is 3.88. The third-order valence-corrected chi connectivity index (χ3v) is 6.39. The molecule has 0 saturated heterocycles. The Balaban J connectivity index is 1.51. The summed E-state index contributed by atoms with van der Waals surface area (Å²) in [6, 6.07) is 13.9. The van der Waals surface area contributed by atoms with E-state index in [0.717, 1.165) is 32.3 Å². The first kappa shape index (κ1) is 18.5. The van der Waals surface area contributed by atoms with Crippen LogP contribution in [0, 0.1) is 6.92 Å². The van der Waals surface area contributed by atoms with Crippen LogP contribution in [0.25, 0.3) is 22.4 Å². The van der Waals surface area contributed by atoms with Crippen molar-refractivity contribution in [3.63, 3.8) is 0 Å². The van der Waals surface area contributed by atoms with Crippen LogP contribution in [0.4, 0.5) is 0 Å². The Morgan fingerprint density at radius 1 is 1.00 bits per heavy atom. The zero-order valence-corrected chi connectivity index (χ0v) is 17.2. The predicted octanol–water partition coefficient (Wildman–Crippen LogP) is 5.73. The minimum absolute atomic E-state index is 0.0706. The zero-order chi connectivity index (χ0) is 19.5. The Kier molecular flexibility index (Phi) is 5.32. The van der Waals surface area contributed by atoms with Gasteiger partial charge in [-0.3, -0.25) is 9.78 Å². The van der Waals surface area contributed by atoms with Crippen LogP contribution < -0.4 is 5.32 Å². The highest BCUT2D eigenvalue weighted by atomic mass is 32.1. The van der Waals surface area contributed by atoms with Gasteiger partial charge in [-0.05, 0) is 43.0 Å². The lowest BCUT2D eigenvalue weighted by atomic mass is 10.0. The number of nitrogens with one attached hydrogen (secondary N) is 1. The predicted molar refractivity (Wildman–Crippen MR) is 116 cm³/mol. The molecular weight excluding hydrogens is 386 g/mol. The Hall–Kier alpha value is -2.83. The largest absolute Gasteiger partial charge is 0.342 e. The number of carbonyl (C=O) groups excluding carboxylic acids is 1. The summed E-state index contributed by atoms with van der Waals surface area (Å²) in [4.78, 5) is 22.3. The van der Waals surface area contributed by atoms with Crippen molar-refractivity contribution in [2.45, 2.75) is 19.9 Å². The van der Waals surface area contributed by atoms with Crippen LogP contribution in [0.15, 0.2) is 65.6 Å². The Labute approximate surface area is 171 Å². The van der Waals surface area contributed by atoms with E-state index in [4.69, 9.17) is 0 Å². The third-order valence-electron chi connectivity index (χ3n) is 4.45. The first-order valence-corrected chi connectivity index (χ1v) is 10.7. The summed E-state index contributed by atoms with van der Waals surface area (Å²) in [6.45, 7) is 4.02. The highest BCUT2D eigenvalue weighted by molar-refractivity contribution is 7.12. The summed E-state index contributed by atoms with van der Waals surface area (Å²) >= 11 is 3.01. The normalized spacial score (nSPS) is 11.9. The summed E-state index contributed by atoms with van der Waals surface area (Å²) in [5.41, 5.74) is 5.15. The first-order chi connectivity index (χ1) is 13.6. The molecular formula is C22H19N3OS2. The summed E-state index contributed by atoms with van der Waals surface area (Å²) in [6.07, 6.45) is 3.51. The summed E-state index contributed by atoms with van der Waals surface area (Å²) in [5.74, 6) is -0.0706. The Morgan fingerprint density at radius 3 is 2.50 bits per heavy atom. The van der Waals surface area contributed by atoms with Gasteiger partial charge in [0.1, 0.15) is 5.01 Å². The molecule has 0 radical (unpaired) electrons. The molecule has 3 aromatic heterocycles. The number of nitrogens with zero attached hydrogens (tertiary/aromatic N) is 2. The maximum Gasteiger partial charge on any atom is 0.262 e. The minimum Gasteiger partial charge on any atom is -0.342 e. The van der Waals surface area contributed by atoms with E-state index in [1.807, 2.05) is 35.9 Å². The van der Waals surface area contributed by atoms with Crippen LogP contribution in [0.3, 0.4) is 0 Å². The molecule has 0 aliphatic carbocycles. The van der Waals surface area contributed by atoms with Crippen LogP contribution in [-0.2, 0) is 0 Å². The van der Waals surface area contributed by atoms with E-state index in [0.29, 0.717) is 0 Å². The number of hydrogen-bond donors (Lipinski definition) is 1. The van der Waals surface area contributed by atoms with Crippen molar-refractivity contribution in [1.82, 2.24) is 15.3 Å². The van der Waals surface area contributed by atoms with E-state index >= 15 is 0 Å². The molecule has 140 valence electrons. The quantitative estimate of drug-likeness (QED) is 0.461. The molecule has 0 saturated carbocycles. The van der Waals surface area contributed by atoms with Gasteiger partial charge in [0.2, 0.25) is 0 Å². The molecule has 6 heteroatoms. The fourth-order valence-electron chi connectivity index (χ4n) is 2.91. The van der Waals surface area contributed by atoms with Gasteiger partial charge in [0.05, 0.1) is 16.6 Å². The molecule has 0 aliphatic rings. The second-order valence-electron chi connectivity index (χ2n) is 6.53. The molecule has 1 amide bonds. The van der Waals surface area contributed by atoms with Crippen LogP contribution in [0.2, 0.25) is 0 Å². The zero-order valence-electron chi connectivity index (χ0n) is 15.5. The molecule has 0 fully saturated rings. The average Bonchev–Trinajstić information content (AvgIpc) is 3.39. The van der Waals surface area contributed by atoms with E-state index in [-0.39, 0.29) is 11.9 Å². The maximum absolute atomic E-state index is 12.9. The number of rotatable bonds is 5. The molecule has 4 rings (SSSR count). The van der Waals surface area contributed by atoms with Gasteiger partial charge in [0.15, 0.2) is 0 Å². The lowest BCUT2D eigenvalue weighted by Gasteiger charge is -2.12. The average molecular weight is 406 g/mol. The first-order valence-electron chi connectivity index (χ1n) is 8.93. The van der Waals surface area contributed by atoms with Crippen molar-refractivity contribution in [3.8, 4) is 22.4 Å². The molecule has 4 aromatic rings. The van der Waals surface area contributed by atoms with E-state index in [1.54, 1.807) is 23.7 Å². The van der Waals surface area contributed by atoms with E-state index in [2.05, 4.69) is 46.5 Å². The monoisotopic (exact) mass is 405 g/mol. The van der Waals surface area contributed by atoms with Crippen LogP contribution in [-0.4, -0.2) is 15.9 Å². The molecule has 1 N–H and O–H groups in total. The second-order valence-corrected chi connectivity index (χ2v) is 8.34. The topological polar surface area (TPSA) is 54.9 Å². The Bertz CT molecular complexity index is 1080. The van der Waals surface area contributed by atoms with Gasteiger partial charge in [-0.1, -0.05) is 29.8 Å². The number of hydrogen-bond acceptors (Lipinski definition) is 5.